The number of aromatic nitrogens is 2. The van der Waals surface area contributed by atoms with Gasteiger partial charge in [0.1, 0.15) is 6.33 Å². The van der Waals surface area contributed by atoms with Crippen molar-refractivity contribution >= 4 is 6.03 Å². The van der Waals surface area contributed by atoms with Crippen molar-refractivity contribution in [2.75, 3.05) is 6.54 Å². The highest BCUT2D eigenvalue weighted by molar-refractivity contribution is 5.76. The fraction of sp³-hybridized carbons (Fsp3) is 0.556. The number of carbonyl (C=O) groups is 1. The summed E-state index contributed by atoms with van der Waals surface area (Å²) < 4.78 is 1.35. The van der Waals surface area contributed by atoms with Gasteiger partial charge in [-0.05, 0) is 18.8 Å². The Bertz CT molecular complexity index is 306. The molecule has 1 aromatic heterocycles. The van der Waals surface area contributed by atoms with Crippen molar-refractivity contribution in [3.05, 3.63) is 18.7 Å². The highest BCUT2D eigenvalue weighted by Crippen LogP contribution is 2.32. The number of aliphatic hydroxyl groups is 1. The number of amides is 1. The Balaban J connectivity index is 1.77. The van der Waals surface area contributed by atoms with Gasteiger partial charge in [0, 0.05) is 18.9 Å². The van der Waals surface area contributed by atoms with E-state index in [0.29, 0.717) is 12.5 Å². The van der Waals surface area contributed by atoms with Gasteiger partial charge in [-0.1, -0.05) is 0 Å². The number of nitrogens with zero attached hydrogens (tertiary/aromatic N) is 2. The van der Waals surface area contributed by atoms with Gasteiger partial charge in [0.2, 0.25) is 0 Å². The molecule has 1 aliphatic rings. The highest BCUT2D eigenvalue weighted by Gasteiger charge is 2.29. The van der Waals surface area contributed by atoms with Crippen molar-refractivity contribution in [1.29, 1.82) is 0 Å². The van der Waals surface area contributed by atoms with Crippen molar-refractivity contribution in [3.8, 4) is 0 Å². The highest BCUT2D eigenvalue weighted by atomic mass is 16.3. The zero-order valence-corrected chi connectivity index (χ0v) is 7.76. The molecule has 5 heteroatoms. The number of nitrogens with one attached hydrogen (secondary N) is 1. The summed E-state index contributed by atoms with van der Waals surface area (Å²) in [6.45, 7) is 0.321. The summed E-state index contributed by atoms with van der Waals surface area (Å²) in [6.07, 6.45) is 6.28. The second-order valence-corrected chi connectivity index (χ2v) is 3.56. The fourth-order valence-corrected chi connectivity index (χ4v) is 1.31. The Morgan fingerprint density at radius 2 is 2.50 bits per heavy atom. The van der Waals surface area contributed by atoms with Crippen LogP contribution in [0.5, 0.6) is 0 Å². The first-order valence-electron chi connectivity index (χ1n) is 4.71. The molecule has 5 nitrogen and oxygen atoms in total. The molecule has 1 aromatic rings. The lowest BCUT2D eigenvalue weighted by molar-refractivity contribution is 0.149. The Morgan fingerprint density at radius 1 is 1.71 bits per heavy atom. The van der Waals surface area contributed by atoms with Gasteiger partial charge >= 0.3 is 6.03 Å². The zero-order valence-electron chi connectivity index (χ0n) is 7.76. The molecule has 1 aliphatic carbocycles. The van der Waals surface area contributed by atoms with Gasteiger partial charge in [-0.2, -0.15) is 0 Å². The molecule has 1 saturated carbocycles. The average Bonchev–Trinajstić information content (AvgIpc) is 2.90. The maximum Gasteiger partial charge on any atom is 0.326 e. The van der Waals surface area contributed by atoms with Crippen LogP contribution >= 0.6 is 0 Å². The SMILES string of the molecule is O=C(NCC(O)C1CC1)n1ccnc1. The topological polar surface area (TPSA) is 67.2 Å². The van der Waals surface area contributed by atoms with Crippen LogP contribution in [0.25, 0.3) is 0 Å². The van der Waals surface area contributed by atoms with Crippen LogP contribution in [-0.4, -0.2) is 33.3 Å². The minimum absolute atomic E-state index is 0.248. The third kappa shape index (κ3) is 2.11. The van der Waals surface area contributed by atoms with E-state index in [9.17, 15) is 9.90 Å². The summed E-state index contributed by atoms with van der Waals surface area (Å²) in [7, 11) is 0. The summed E-state index contributed by atoms with van der Waals surface area (Å²) in [5.74, 6) is 0.387. The summed E-state index contributed by atoms with van der Waals surface area (Å²) in [6, 6.07) is -0.248. The van der Waals surface area contributed by atoms with E-state index in [-0.39, 0.29) is 6.03 Å². The minimum Gasteiger partial charge on any atom is -0.391 e. The molecule has 1 heterocycles. The monoisotopic (exact) mass is 195 g/mol. The van der Waals surface area contributed by atoms with E-state index in [0.717, 1.165) is 12.8 Å². The fourth-order valence-electron chi connectivity index (χ4n) is 1.31. The molecule has 76 valence electrons. The predicted octanol–water partition coefficient (Wildman–Crippen LogP) is 0.212. The third-order valence-corrected chi connectivity index (χ3v) is 2.37. The van der Waals surface area contributed by atoms with Crippen LogP contribution in [0.4, 0.5) is 4.79 Å². The maximum atomic E-state index is 11.4. The molecule has 0 radical (unpaired) electrons. The Hall–Kier alpha value is -1.36. The molecular weight excluding hydrogens is 182 g/mol. The van der Waals surface area contributed by atoms with Gasteiger partial charge in [0.25, 0.3) is 0 Å². The summed E-state index contributed by atoms with van der Waals surface area (Å²) in [5, 5.41) is 12.1. The van der Waals surface area contributed by atoms with Crippen molar-refractivity contribution in [1.82, 2.24) is 14.9 Å². The van der Waals surface area contributed by atoms with Gasteiger partial charge in [-0.25, -0.2) is 9.78 Å². The third-order valence-electron chi connectivity index (χ3n) is 2.37. The Labute approximate surface area is 81.8 Å². The van der Waals surface area contributed by atoms with Crippen LogP contribution in [0.1, 0.15) is 12.8 Å². The zero-order chi connectivity index (χ0) is 9.97. The number of hydrogen-bond acceptors (Lipinski definition) is 3. The van der Waals surface area contributed by atoms with E-state index in [4.69, 9.17) is 0 Å². The van der Waals surface area contributed by atoms with E-state index in [1.54, 1.807) is 6.20 Å². The Morgan fingerprint density at radius 3 is 3.07 bits per heavy atom. The molecule has 0 aliphatic heterocycles. The van der Waals surface area contributed by atoms with Crippen molar-refractivity contribution in [3.63, 3.8) is 0 Å². The van der Waals surface area contributed by atoms with Gasteiger partial charge in [0.05, 0.1) is 6.10 Å². The molecule has 1 fully saturated rings. The normalized spacial score (nSPS) is 17.8. The molecule has 2 rings (SSSR count). The molecule has 1 amide bonds. The van der Waals surface area contributed by atoms with Crippen molar-refractivity contribution < 1.29 is 9.90 Å². The van der Waals surface area contributed by atoms with E-state index in [1.807, 2.05) is 0 Å². The largest absolute Gasteiger partial charge is 0.391 e. The van der Waals surface area contributed by atoms with Crippen molar-refractivity contribution in [2.45, 2.75) is 18.9 Å². The predicted molar refractivity (Wildman–Crippen MR) is 49.8 cm³/mol. The maximum absolute atomic E-state index is 11.4. The first kappa shape index (κ1) is 9.21. The van der Waals surface area contributed by atoms with E-state index < -0.39 is 6.10 Å². The van der Waals surface area contributed by atoms with Gasteiger partial charge in [0.15, 0.2) is 0 Å². The van der Waals surface area contributed by atoms with Crippen LogP contribution in [0.2, 0.25) is 0 Å². The van der Waals surface area contributed by atoms with E-state index in [2.05, 4.69) is 10.3 Å². The van der Waals surface area contributed by atoms with E-state index >= 15 is 0 Å². The number of rotatable bonds is 3. The Kier molecular flexibility index (Phi) is 2.49. The summed E-state index contributed by atoms with van der Waals surface area (Å²) in [5.41, 5.74) is 0. The molecule has 14 heavy (non-hydrogen) atoms. The number of aliphatic hydroxyl groups excluding tert-OH is 1. The lowest BCUT2D eigenvalue weighted by atomic mass is 10.2. The minimum atomic E-state index is -0.400. The molecule has 1 atom stereocenters. The van der Waals surface area contributed by atoms with Crippen molar-refractivity contribution in [2.24, 2.45) is 5.92 Å². The standard InChI is InChI=1S/C9H13N3O2/c13-8(7-1-2-7)5-11-9(14)12-4-3-10-6-12/h3-4,6-8,13H,1-2,5H2,(H,11,14). The smallest absolute Gasteiger partial charge is 0.326 e. The van der Waals surface area contributed by atoms with Crippen LogP contribution in [0.15, 0.2) is 18.7 Å². The number of carbonyl (C=O) groups excluding carboxylic acids is 1. The summed E-state index contributed by atoms with van der Waals surface area (Å²) >= 11 is 0. The lowest BCUT2D eigenvalue weighted by Crippen LogP contribution is -2.35. The van der Waals surface area contributed by atoms with Crippen LogP contribution in [0.3, 0.4) is 0 Å². The lowest BCUT2D eigenvalue weighted by Gasteiger charge is -2.10. The molecule has 0 aromatic carbocycles. The average molecular weight is 195 g/mol. The second-order valence-electron chi connectivity index (χ2n) is 3.56. The quantitative estimate of drug-likeness (QED) is 0.724. The van der Waals surface area contributed by atoms with Gasteiger partial charge in [-0.15, -0.1) is 0 Å². The van der Waals surface area contributed by atoms with Gasteiger partial charge in [-0.3, -0.25) is 4.57 Å². The first-order chi connectivity index (χ1) is 6.77. The summed E-state index contributed by atoms with van der Waals surface area (Å²) in [4.78, 5) is 15.1. The van der Waals surface area contributed by atoms with Crippen LogP contribution in [0, 0.1) is 5.92 Å². The molecular formula is C9H13N3O2. The van der Waals surface area contributed by atoms with Gasteiger partial charge < -0.3 is 10.4 Å². The number of imidazole rings is 1. The molecule has 0 bridgehead atoms. The molecule has 0 saturated heterocycles. The molecule has 0 spiro atoms. The van der Waals surface area contributed by atoms with Crippen LogP contribution in [-0.2, 0) is 0 Å². The molecule has 1 unspecified atom stereocenters. The van der Waals surface area contributed by atoms with E-state index in [1.165, 1.54) is 17.1 Å². The van der Waals surface area contributed by atoms with Crippen LogP contribution < -0.4 is 5.32 Å². The first-order valence-corrected chi connectivity index (χ1v) is 4.71. The molecule has 2 N–H and O–H groups in total. The second kappa shape index (κ2) is 3.79. The number of hydrogen-bond donors (Lipinski definition) is 2.